The lowest BCUT2D eigenvalue weighted by Crippen LogP contribution is -2.13. The molecular formula is C23H21N3O6S. The number of amides is 1. The molecule has 170 valence electrons. The van der Waals surface area contributed by atoms with E-state index in [0.29, 0.717) is 28.3 Å². The molecule has 0 radical (unpaired) electrons. The van der Waals surface area contributed by atoms with Gasteiger partial charge in [0.25, 0.3) is 15.7 Å². The Morgan fingerprint density at radius 1 is 1.06 bits per heavy atom. The minimum atomic E-state index is -3.84. The van der Waals surface area contributed by atoms with Crippen LogP contribution >= 0.6 is 0 Å². The SMILES string of the molecule is COc1ccccc1NS(=O)(=O)c1ccc(/C=C/C(=O)Nc2ccc(C)c([N+](=O)[O-])c2)cc1. The van der Waals surface area contributed by atoms with E-state index in [1.54, 1.807) is 55.5 Å². The molecule has 1 amide bonds. The van der Waals surface area contributed by atoms with E-state index in [0.717, 1.165) is 0 Å². The lowest BCUT2D eigenvalue weighted by atomic mass is 10.2. The Morgan fingerprint density at radius 3 is 2.42 bits per heavy atom. The van der Waals surface area contributed by atoms with Gasteiger partial charge in [0.15, 0.2) is 0 Å². The Bertz CT molecular complexity index is 1320. The van der Waals surface area contributed by atoms with Crippen LogP contribution in [-0.4, -0.2) is 26.4 Å². The second-order valence-corrected chi connectivity index (χ2v) is 8.64. The fourth-order valence-corrected chi connectivity index (χ4v) is 4.00. The van der Waals surface area contributed by atoms with Crippen LogP contribution in [0.2, 0.25) is 0 Å². The first kappa shape index (κ1) is 23.5. The number of hydrogen-bond acceptors (Lipinski definition) is 6. The maximum atomic E-state index is 12.7. The van der Waals surface area contributed by atoms with Crippen LogP contribution < -0.4 is 14.8 Å². The van der Waals surface area contributed by atoms with Gasteiger partial charge in [-0.2, -0.15) is 0 Å². The third-order valence-electron chi connectivity index (χ3n) is 4.64. The molecule has 0 heterocycles. The minimum Gasteiger partial charge on any atom is -0.495 e. The standard InChI is InChI=1S/C23H21N3O6S/c1-16-7-11-18(15-21(16)26(28)29)24-23(27)14-10-17-8-12-19(13-9-17)33(30,31)25-20-5-3-4-6-22(20)32-2/h3-15,25H,1-2H3,(H,24,27)/b14-10+. The first-order chi connectivity index (χ1) is 15.7. The smallest absolute Gasteiger partial charge is 0.274 e. The van der Waals surface area contributed by atoms with E-state index >= 15 is 0 Å². The van der Waals surface area contributed by atoms with Crippen molar-refractivity contribution >= 4 is 39.1 Å². The van der Waals surface area contributed by atoms with E-state index in [2.05, 4.69) is 10.0 Å². The number of nitrogens with zero attached hydrogens (tertiary/aromatic N) is 1. The van der Waals surface area contributed by atoms with Crippen LogP contribution in [0.4, 0.5) is 17.1 Å². The molecule has 0 aromatic heterocycles. The second kappa shape index (κ2) is 9.96. The van der Waals surface area contributed by atoms with E-state index < -0.39 is 20.9 Å². The van der Waals surface area contributed by atoms with Crippen LogP contribution in [0, 0.1) is 17.0 Å². The van der Waals surface area contributed by atoms with E-state index in [1.165, 1.54) is 37.5 Å². The van der Waals surface area contributed by atoms with Crippen LogP contribution in [0.25, 0.3) is 6.08 Å². The van der Waals surface area contributed by atoms with Crippen molar-refractivity contribution in [2.75, 3.05) is 17.1 Å². The number of para-hydroxylation sites is 2. The average Bonchev–Trinajstić information content (AvgIpc) is 2.79. The minimum absolute atomic E-state index is 0.0435. The maximum absolute atomic E-state index is 12.7. The summed E-state index contributed by atoms with van der Waals surface area (Å²) in [6, 6.07) is 17.0. The lowest BCUT2D eigenvalue weighted by molar-refractivity contribution is -0.385. The number of benzene rings is 3. The van der Waals surface area contributed by atoms with Gasteiger partial charge in [-0.1, -0.05) is 30.3 Å². The molecule has 0 aliphatic heterocycles. The molecule has 3 rings (SSSR count). The Morgan fingerprint density at radius 2 is 1.76 bits per heavy atom. The number of ether oxygens (including phenoxy) is 1. The number of aryl methyl sites for hydroxylation is 1. The van der Waals surface area contributed by atoms with Gasteiger partial charge in [-0.3, -0.25) is 19.6 Å². The number of rotatable bonds is 8. The van der Waals surface area contributed by atoms with Crippen molar-refractivity contribution in [3.05, 3.63) is 94.0 Å². The second-order valence-electron chi connectivity index (χ2n) is 6.96. The summed E-state index contributed by atoms with van der Waals surface area (Å²) < 4.78 is 33.0. The average molecular weight is 468 g/mol. The van der Waals surface area contributed by atoms with Gasteiger partial charge in [0.1, 0.15) is 5.75 Å². The topological polar surface area (TPSA) is 128 Å². The van der Waals surface area contributed by atoms with Gasteiger partial charge in [-0.15, -0.1) is 0 Å². The summed E-state index contributed by atoms with van der Waals surface area (Å²) in [5.41, 5.74) is 1.61. The molecular weight excluding hydrogens is 446 g/mol. The highest BCUT2D eigenvalue weighted by molar-refractivity contribution is 7.92. The predicted octanol–water partition coefficient (Wildman–Crippen LogP) is 4.36. The molecule has 0 aliphatic carbocycles. The highest BCUT2D eigenvalue weighted by atomic mass is 32.2. The maximum Gasteiger partial charge on any atom is 0.274 e. The third kappa shape index (κ3) is 5.95. The number of nitrogens with one attached hydrogen (secondary N) is 2. The molecule has 2 N–H and O–H groups in total. The normalized spacial score (nSPS) is 11.2. The van der Waals surface area contributed by atoms with E-state index in [1.807, 2.05) is 0 Å². The van der Waals surface area contributed by atoms with Crippen molar-refractivity contribution in [1.29, 1.82) is 0 Å². The quantitative estimate of drug-likeness (QED) is 0.288. The molecule has 0 saturated carbocycles. The van der Waals surface area contributed by atoms with Crippen molar-refractivity contribution in [2.24, 2.45) is 0 Å². The highest BCUT2D eigenvalue weighted by Gasteiger charge is 2.16. The molecule has 0 bridgehead atoms. The molecule has 0 aliphatic rings. The summed E-state index contributed by atoms with van der Waals surface area (Å²) in [4.78, 5) is 22.7. The summed E-state index contributed by atoms with van der Waals surface area (Å²) in [6.07, 6.45) is 2.75. The van der Waals surface area contributed by atoms with Gasteiger partial charge in [0.05, 0.1) is 22.6 Å². The fourth-order valence-electron chi connectivity index (χ4n) is 2.93. The number of anilines is 2. The molecule has 0 saturated heterocycles. The van der Waals surface area contributed by atoms with Crippen molar-refractivity contribution in [3.8, 4) is 5.75 Å². The summed E-state index contributed by atoms with van der Waals surface area (Å²) in [7, 11) is -2.39. The molecule has 33 heavy (non-hydrogen) atoms. The first-order valence-electron chi connectivity index (χ1n) is 9.69. The van der Waals surface area contributed by atoms with Crippen molar-refractivity contribution in [2.45, 2.75) is 11.8 Å². The van der Waals surface area contributed by atoms with Crippen LogP contribution in [-0.2, 0) is 14.8 Å². The number of nitro groups is 1. The van der Waals surface area contributed by atoms with E-state index in [9.17, 15) is 23.3 Å². The first-order valence-corrected chi connectivity index (χ1v) is 11.2. The number of nitro benzene ring substituents is 1. The van der Waals surface area contributed by atoms with E-state index in [4.69, 9.17) is 4.74 Å². The van der Waals surface area contributed by atoms with Gasteiger partial charge in [-0.05, 0) is 48.9 Å². The number of carbonyl (C=O) groups excluding carboxylic acids is 1. The van der Waals surface area contributed by atoms with Gasteiger partial charge in [0, 0.05) is 23.4 Å². The van der Waals surface area contributed by atoms with Crippen LogP contribution in [0.1, 0.15) is 11.1 Å². The molecule has 10 heteroatoms. The fraction of sp³-hybridized carbons (Fsp3) is 0.0870. The van der Waals surface area contributed by atoms with Gasteiger partial charge >= 0.3 is 0 Å². The van der Waals surface area contributed by atoms with E-state index in [-0.39, 0.29) is 10.6 Å². The largest absolute Gasteiger partial charge is 0.495 e. The monoisotopic (exact) mass is 467 g/mol. The lowest BCUT2D eigenvalue weighted by Gasteiger charge is -2.11. The number of carbonyl (C=O) groups is 1. The zero-order valence-corrected chi connectivity index (χ0v) is 18.6. The van der Waals surface area contributed by atoms with Crippen LogP contribution in [0.15, 0.2) is 77.7 Å². The predicted molar refractivity (Wildman–Crippen MR) is 126 cm³/mol. The highest BCUT2D eigenvalue weighted by Crippen LogP contribution is 2.26. The van der Waals surface area contributed by atoms with Crippen LogP contribution in [0.3, 0.4) is 0 Å². The molecule has 0 spiro atoms. The number of sulfonamides is 1. The Labute approximate surface area is 190 Å². The molecule has 9 nitrogen and oxygen atoms in total. The molecule has 0 unspecified atom stereocenters. The Kier molecular flexibility index (Phi) is 7.09. The molecule has 3 aromatic carbocycles. The number of methoxy groups -OCH3 is 1. The Balaban J connectivity index is 1.68. The number of hydrogen-bond donors (Lipinski definition) is 2. The molecule has 0 atom stereocenters. The van der Waals surface area contributed by atoms with Gasteiger partial charge < -0.3 is 10.1 Å². The summed E-state index contributed by atoms with van der Waals surface area (Å²) in [5, 5.41) is 13.6. The Hall–Kier alpha value is -4.18. The zero-order valence-electron chi connectivity index (χ0n) is 17.8. The van der Waals surface area contributed by atoms with Crippen molar-refractivity contribution < 1.29 is 22.9 Å². The zero-order chi connectivity index (χ0) is 24.0. The molecule has 3 aromatic rings. The van der Waals surface area contributed by atoms with Gasteiger partial charge in [-0.25, -0.2) is 8.42 Å². The third-order valence-corrected chi connectivity index (χ3v) is 6.02. The summed E-state index contributed by atoms with van der Waals surface area (Å²) >= 11 is 0. The van der Waals surface area contributed by atoms with Crippen molar-refractivity contribution in [1.82, 2.24) is 0 Å². The van der Waals surface area contributed by atoms with Gasteiger partial charge in [0.2, 0.25) is 5.91 Å². The van der Waals surface area contributed by atoms with Crippen molar-refractivity contribution in [3.63, 3.8) is 0 Å². The molecule has 0 fully saturated rings. The summed E-state index contributed by atoms with van der Waals surface area (Å²) in [6.45, 7) is 1.61. The van der Waals surface area contributed by atoms with Crippen LogP contribution in [0.5, 0.6) is 5.75 Å². The summed E-state index contributed by atoms with van der Waals surface area (Å²) in [5.74, 6) is -0.0896.